The minimum Gasteiger partial charge on any atom is -0.316 e. The van der Waals surface area contributed by atoms with Crippen LogP contribution in [0.5, 0.6) is 0 Å². The molecule has 4 heteroatoms. The van der Waals surface area contributed by atoms with Crippen LogP contribution >= 0.6 is 0 Å². The summed E-state index contributed by atoms with van der Waals surface area (Å²) < 4.78 is 0. The Kier molecular flexibility index (Phi) is 4.96. The van der Waals surface area contributed by atoms with Gasteiger partial charge in [0.15, 0.2) is 0 Å². The van der Waals surface area contributed by atoms with E-state index in [1.54, 1.807) is 0 Å². The molecule has 4 nitrogen and oxygen atoms in total. The summed E-state index contributed by atoms with van der Waals surface area (Å²) >= 11 is 0. The lowest BCUT2D eigenvalue weighted by atomic mass is 9.86. The van der Waals surface area contributed by atoms with E-state index in [-0.39, 0.29) is 0 Å². The molecule has 0 amide bonds. The van der Waals surface area contributed by atoms with Gasteiger partial charge >= 0.3 is 0 Å². The molecule has 0 saturated carbocycles. The first kappa shape index (κ1) is 16.3. The highest BCUT2D eigenvalue weighted by atomic mass is 15.2. The summed E-state index contributed by atoms with van der Waals surface area (Å²) in [5.74, 6) is 0.876. The standard InChI is InChI=1S/C19H36N4/c1-16-4-2-3-10-22(16)13-17-5-8-20-12-18(17)23-11-7-19(15-23)6-9-21-14-19/h16-18,20-21H,2-15H2,1H3. The van der Waals surface area contributed by atoms with Gasteiger partial charge in [0.05, 0.1) is 0 Å². The molecule has 0 aromatic heterocycles. The third-order valence-electron chi connectivity index (χ3n) is 7.27. The van der Waals surface area contributed by atoms with Crippen LogP contribution in [0.1, 0.15) is 45.4 Å². The second kappa shape index (κ2) is 6.99. The number of likely N-dealkylation sites (tertiary alicyclic amines) is 2. The number of nitrogens with zero attached hydrogens (tertiary/aromatic N) is 2. The lowest BCUT2D eigenvalue weighted by molar-refractivity contribution is 0.0684. The average Bonchev–Trinajstić information content (AvgIpc) is 3.21. The number of hydrogen-bond donors (Lipinski definition) is 2. The summed E-state index contributed by atoms with van der Waals surface area (Å²) in [6, 6.07) is 1.58. The summed E-state index contributed by atoms with van der Waals surface area (Å²) in [4.78, 5) is 5.66. The predicted octanol–water partition coefficient (Wildman–Crippen LogP) is 1.52. The van der Waals surface area contributed by atoms with Crippen molar-refractivity contribution in [1.82, 2.24) is 20.4 Å². The number of rotatable bonds is 3. The van der Waals surface area contributed by atoms with E-state index in [1.165, 1.54) is 90.9 Å². The van der Waals surface area contributed by atoms with Crippen molar-refractivity contribution in [2.24, 2.45) is 11.3 Å². The fourth-order valence-corrected chi connectivity index (χ4v) is 5.66. The van der Waals surface area contributed by atoms with E-state index >= 15 is 0 Å². The van der Waals surface area contributed by atoms with Gasteiger partial charge in [-0.15, -0.1) is 0 Å². The molecule has 23 heavy (non-hydrogen) atoms. The zero-order valence-corrected chi connectivity index (χ0v) is 15.0. The molecule has 0 aromatic rings. The van der Waals surface area contributed by atoms with E-state index in [1.807, 2.05) is 0 Å². The summed E-state index contributed by atoms with van der Waals surface area (Å²) in [6.07, 6.45) is 8.46. The molecule has 4 aliphatic rings. The molecule has 4 heterocycles. The van der Waals surface area contributed by atoms with Crippen molar-refractivity contribution in [3.8, 4) is 0 Å². The van der Waals surface area contributed by atoms with E-state index in [4.69, 9.17) is 0 Å². The Labute approximate surface area is 142 Å². The molecule has 4 fully saturated rings. The van der Waals surface area contributed by atoms with E-state index in [0.29, 0.717) is 5.41 Å². The van der Waals surface area contributed by atoms with Crippen molar-refractivity contribution in [1.29, 1.82) is 0 Å². The summed E-state index contributed by atoms with van der Waals surface area (Å²) in [5, 5.41) is 7.30. The molecule has 4 saturated heterocycles. The van der Waals surface area contributed by atoms with Gasteiger partial charge in [-0.2, -0.15) is 0 Å². The minimum atomic E-state index is 0.612. The fourth-order valence-electron chi connectivity index (χ4n) is 5.66. The van der Waals surface area contributed by atoms with Crippen molar-refractivity contribution in [2.75, 3.05) is 52.4 Å². The maximum absolute atomic E-state index is 3.69. The van der Waals surface area contributed by atoms with Gasteiger partial charge in [-0.3, -0.25) is 4.90 Å². The number of hydrogen-bond acceptors (Lipinski definition) is 4. The van der Waals surface area contributed by atoms with Gasteiger partial charge in [0.25, 0.3) is 0 Å². The lowest BCUT2D eigenvalue weighted by Gasteiger charge is -2.43. The summed E-state index contributed by atoms with van der Waals surface area (Å²) in [5.41, 5.74) is 0.612. The van der Waals surface area contributed by atoms with Crippen LogP contribution < -0.4 is 10.6 Å². The Hall–Kier alpha value is -0.160. The third-order valence-corrected chi connectivity index (χ3v) is 7.27. The highest BCUT2D eigenvalue weighted by Crippen LogP contribution is 2.38. The zero-order valence-electron chi connectivity index (χ0n) is 15.0. The van der Waals surface area contributed by atoms with Crippen LogP contribution in [0.25, 0.3) is 0 Å². The maximum Gasteiger partial charge on any atom is 0.0261 e. The highest BCUT2D eigenvalue weighted by Gasteiger charge is 2.44. The maximum atomic E-state index is 3.69. The third kappa shape index (κ3) is 3.46. The van der Waals surface area contributed by atoms with E-state index in [2.05, 4.69) is 27.4 Å². The molecule has 0 bridgehead atoms. The second-order valence-corrected chi connectivity index (χ2v) is 8.81. The Bertz CT molecular complexity index is 393. The van der Waals surface area contributed by atoms with E-state index in [0.717, 1.165) is 18.0 Å². The Morgan fingerprint density at radius 3 is 2.83 bits per heavy atom. The van der Waals surface area contributed by atoms with Crippen molar-refractivity contribution in [2.45, 2.75) is 57.5 Å². The van der Waals surface area contributed by atoms with E-state index in [9.17, 15) is 0 Å². The first-order valence-corrected chi connectivity index (χ1v) is 10.2. The normalized spacial score (nSPS) is 43.4. The van der Waals surface area contributed by atoms with Crippen LogP contribution in [0.3, 0.4) is 0 Å². The van der Waals surface area contributed by atoms with Gasteiger partial charge < -0.3 is 15.5 Å². The van der Waals surface area contributed by atoms with Crippen molar-refractivity contribution >= 4 is 0 Å². The van der Waals surface area contributed by atoms with Gasteiger partial charge in [-0.25, -0.2) is 0 Å². The largest absolute Gasteiger partial charge is 0.316 e. The minimum absolute atomic E-state index is 0.612. The molecule has 4 aliphatic heterocycles. The smallest absolute Gasteiger partial charge is 0.0261 e. The zero-order chi connectivity index (χ0) is 15.7. The average molecular weight is 321 g/mol. The topological polar surface area (TPSA) is 30.5 Å². The summed E-state index contributed by atoms with van der Waals surface area (Å²) in [7, 11) is 0. The van der Waals surface area contributed by atoms with Crippen molar-refractivity contribution < 1.29 is 0 Å². The molecule has 4 rings (SSSR count). The van der Waals surface area contributed by atoms with Crippen molar-refractivity contribution in [3.05, 3.63) is 0 Å². The Morgan fingerprint density at radius 1 is 1.04 bits per heavy atom. The van der Waals surface area contributed by atoms with Crippen molar-refractivity contribution in [3.63, 3.8) is 0 Å². The monoisotopic (exact) mass is 320 g/mol. The molecule has 2 N–H and O–H groups in total. The molecule has 0 aliphatic carbocycles. The van der Waals surface area contributed by atoms with Gasteiger partial charge in [0, 0.05) is 38.3 Å². The Morgan fingerprint density at radius 2 is 2.00 bits per heavy atom. The van der Waals surface area contributed by atoms with Crippen LogP contribution in [0.4, 0.5) is 0 Å². The first-order chi connectivity index (χ1) is 11.3. The van der Waals surface area contributed by atoms with Crippen LogP contribution in [0, 0.1) is 11.3 Å². The Balaban J connectivity index is 1.39. The van der Waals surface area contributed by atoms with Gasteiger partial charge in [0.1, 0.15) is 0 Å². The molecule has 1 spiro atoms. The molecular formula is C19H36N4. The first-order valence-electron chi connectivity index (χ1n) is 10.2. The van der Waals surface area contributed by atoms with Gasteiger partial charge in [-0.05, 0) is 76.5 Å². The summed E-state index contributed by atoms with van der Waals surface area (Å²) in [6.45, 7) is 12.8. The highest BCUT2D eigenvalue weighted by molar-refractivity contribution is 5.00. The lowest BCUT2D eigenvalue weighted by Crippen LogP contribution is -2.55. The molecule has 4 atom stereocenters. The second-order valence-electron chi connectivity index (χ2n) is 8.81. The van der Waals surface area contributed by atoms with Gasteiger partial charge in [0.2, 0.25) is 0 Å². The molecule has 4 unspecified atom stereocenters. The fraction of sp³-hybridized carbons (Fsp3) is 1.00. The van der Waals surface area contributed by atoms with Crippen LogP contribution in [0.15, 0.2) is 0 Å². The number of nitrogens with one attached hydrogen (secondary N) is 2. The molecule has 0 radical (unpaired) electrons. The van der Waals surface area contributed by atoms with Gasteiger partial charge in [-0.1, -0.05) is 6.42 Å². The molecular weight excluding hydrogens is 284 g/mol. The molecule has 0 aromatic carbocycles. The SMILES string of the molecule is CC1CCCCN1CC1CCNCC1N1CCC2(CCNC2)C1. The van der Waals surface area contributed by atoms with Crippen LogP contribution in [0.2, 0.25) is 0 Å². The van der Waals surface area contributed by atoms with Crippen LogP contribution in [-0.4, -0.2) is 74.2 Å². The number of piperidine rings is 2. The quantitative estimate of drug-likeness (QED) is 0.825. The predicted molar refractivity (Wildman–Crippen MR) is 95.8 cm³/mol. The molecule has 132 valence electrons. The van der Waals surface area contributed by atoms with Crippen LogP contribution in [-0.2, 0) is 0 Å². The van der Waals surface area contributed by atoms with E-state index < -0.39 is 0 Å².